The lowest BCUT2D eigenvalue weighted by Crippen LogP contribution is -2.14. The highest BCUT2D eigenvalue weighted by molar-refractivity contribution is 7.99. The fourth-order valence-corrected chi connectivity index (χ4v) is 6.31. The molecule has 4 rings (SSSR count). The Kier molecular flexibility index (Phi) is 10.4. The van der Waals surface area contributed by atoms with Crippen molar-refractivity contribution in [1.82, 2.24) is 23.3 Å². The zero-order valence-electron chi connectivity index (χ0n) is 22.9. The number of thioether (sulfide) groups is 1. The third kappa shape index (κ3) is 7.12. The molecule has 1 atom stereocenters. The van der Waals surface area contributed by atoms with Crippen LogP contribution in [0.15, 0.2) is 41.6 Å². The summed E-state index contributed by atoms with van der Waals surface area (Å²) >= 11 is 2.70. The van der Waals surface area contributed by atoms with Crippen LogP contribution in [0, 0.1) is 5.92 Å². The fourth-order valence-electron chi connectivity index (χ4n) is 4.47. The molecule has 0 bridgehead atoms. The minimum atomic E-state index is -4.52. The molecule has 0 N–H and O–H groups in total. The summed E-state index contributed by atoms with van der Waals surface area (Å²) in [5.74, 6) is 1.76. The van der Waals surface area contributed by atoms with Gasteiger partial charge in [0.25, 0.3) is 0 Å². The van der Waals surface area contributed by atoms with Crippen LogP contribution in [0.2, 0.25) is 0 Å². The molecule has 0 amide bonds. The molecule has 0 aliphatic rings. The van der Waals surface area contributed by atoms with Crippen LogP contribution in [0.1, 0.15) is 70.1 Å². The van der Waals surface area contributed by atoms with Crippen molar-refractivity contribution in [2.45, 2.75) is 70.5 Å². The molecule has 0 spiro atoms. The van der Waals surface area contributed by atoms with E-state index in [2.05, 4.69) is 23.8 Å². The number of aromatic nitrogens is 5. The summed E-state index contributed by atoms with van der Waals surface area (Å²) in [6, 6.07) is 7.64. The maximum atomic E-state index is 13.8. The Bertz CT molecular complexity index is 1440. The maximum absolute atomic E-state index is 13.8. The van der Waals surface area contributed by atoms with Gasteiger partial charge in [-0.1, -0.05) is 46.1 Å². The number of fused-ring (bicyclic) bond motifs is 2. The van der Waals surface area contributed by atoms with Gasteiger partial charge < -0.3 is 4.74 Å². The Morgan fingerprint density at radius 2 is 1.95 bits per heavy atom. The van der Waals surface area contributed by atoms with Crippen molar-refractivity contribution in [3.8, 4) is 0 Å². The Balaban J connectivity index is 1.55. The van der Waals surface area contributed by atoms with Gasteiger partial charge in [0.15, 0.2) is 5.65 Å². The third-order valence-electron chi connectivity index (χ3n) is 6.56. The van der Waals surface area contributed by atoms with Crippen molar-refractivity contribution >= 4 is 46.5 Å². The van der Waals surface area contributed by atoms with Crippen LogP contribution in [0.4, 0.5) is 13.2 Å². The molecule has 1 unspecified atom stereocenters. The second-order valence-corrected chi connectivity index (χ2v) is 11.7. The van der Waals surface area contributed by atoms with E-state index in [-0.39, 0.29) is 24.5 Å². The zero-order chi connectivity index (χ0) is 28.7. The Labute approximate surface area is 240 Å². The summed E-state index contributed by atoms with van der Waals surface area (Å²) in [7, 11) is 0. The number of carbonyl (C=O) groups is 1. The second kappa shape index (κ2) is 13.8. The lowest BCUT2D eigenvalue weighted by molar-refractivity contribution is -0.144. The van der Waals surface area contributed by atoms with Gasteiger partial charge in [-0.2, -0.15) is 13.2 Å². The molecule has 7 nitrogen and oxygen atoms in total. The Morgan fingerprint density at radius 3 is 2.67 bits per heavy atom. The van der Waals surface area contributed by atoms with E-state index in [4.69, 9.17) is 9.72 Å². The number of rotatable bonds is 14. The first kappa shape index (κ1) is 30.2. The summed E-state index contributed by atoms with van der Waals surface area (Å²) < 4.78 is 50.1. The smallest absolute Gasteiger partial charge is 0.431 e. The van der Waals surface area contributed by atoms with Gasteiger partial charge in [0, 0.05) is 11.9 Å². The van der Waals surface area contributed by atoms with E-state index in [0.29, 0.717) is 51.7 Å². The molecule has 40 heavy (non-hydrogen) atoms. The molecular formula is C28H34F3N5O2S2. The number of hydrogen-bond acceptors (Lipinski definition) is 7. The topological polar surface area (TPSA) is 74.3 Å². The van der Waals surface area contributed by atoms with Crippen LogP contribution in [0.25, 0.3) is 16.8 Å². The summed E-state index contributed by atoms with van der Waals surface area (Å²) in [6.07, 6.45) is 1.85. The molecule has 0 aliphatic heterocycles. The highest BCUT2D eigenvalue weighted by Gasteiger charge is 2.35. The van der Waals surface area contributed by atoms with Gasteiger partial charge in [-0.05, 0) is 54.3 Å². The lowest BCUT2D eigenvalue weighted by atomic mass is 10.0. The largest absolute Gasteiger partial charge is 0.465 e. The van der Waals surface area contributed by atoms with E-state index < -0.39 is 11.9 Å². The molecule has 216 valence electrons. The van der Waals surface area contributed by atoms with Crippen LogP contribution >= 0.6 is 23.7 Å². The number of nitrogens with zero attached hydrogens (tertiary/aromatic N) is 5. The first-order valence-electron chi connectivity index (χ1n) is 13.6. The van der Waals surface area contributed by atoms with E-state index in [1.54, 1.807) is 18.3 Å². The predicted octanol–water partition coefficient (Wildman–Crippen LogP) is 7.45. The van der Waals surface area contributed by atoms with Gasteiger partial charge >= 0.3 is 12.1 Å². The average Bonchev–Trinajstić information content (AvgIpc) is 3.46. The van der Waals surface area contributed by atoms with Gasteiger partial charge in [-0.15, -0.1) is 11.8 Å². The standard InChI is InChI=1S/C28H34F3N5O2S2/c1-4-7-10-19(5-2)18-38-25(37)14-16-40-36-24(33-20-11-9-15-32-26(20)36)17-21-27(39-6-3)35-22(28(29,30)31)12-8-13-23(35)34-21/h8-9,11-13,15,19H,4-7,10,14,16-18H2,1-3H3. The van der Waals surface area contributed by atoms with Crippen molar-refractivity contribution in [3.63, 3.8) is 0 Å². The minimum Gasteiger partial charge on any atom is -0.465 e. The number of ether oxygens (including phenoxy) is 1. The number of alkyl halides is 3. The Hall–Kier alpha value is -2.73. The van der Waals surface area contributed by atoms with Crippen molar-refractivity contribution in [1.29, 1.82) is 0 Å². The van der Waals surface area contributed by atoms with Crippen LogP contribution in [-0.2, 0) is 22.1 Å². The SMILES string of the molecule is CCCCC(CC)COC(=O)CCSn1c(Cc2nc3cccc(C(F)(F)F)n3c2SCC)nc2cccnc21. The number of carbonyl (C=O) groups excluding carboxylic acids is 1. The molecule has 0 aromatic carbocycles. The monoisotopic (exact) mass is 593 g/mol. The van der Waals surface area contributed by atoms with Gasteiger partial charge in [0.05, 0.1) is 25.1 Å². The number of hydrogen-bond donors (Lipinski definition) is 0. The fraction of sp³-hybridized carbons (Fsp3) is 0.500. The van der Waals surface area contributed by atoms with Gasteiger partial charge in [-0.3, -0.25) is 13.2 Å². The summed E-state index contributed by atoms with van der Waals surface area (Å²) in [4.78, 5) is 26.2. The van der Waals surface area contributed by atoms with Crippen molar-refractivity contribution in [2.24, 2.45) is 5.92 Å². The third-order valence-corrected chi connectivity index (χ3v) is 8.57. The van der Waals surface area contributed by atoms with Crippen LogP contribution in [0.3, 0.4) is 0 Å². The summed E-state index contributed by atoms with van der Waals surface area (Å²) in [5.41, 5.74) is 1.28. The van der Waals surface area contributed by atoms with Gasteiger partial charge in [-0.25, -0.2) is 15.0 Å². The highest BCUT2D eigenvalue weighted by Crippen LogP contribution is 2.35. The van der Waals surface area contributed by atoms with Crippen LogP contribution < -0.4 is 0 Å². The first-order chi connectivity index (χ1) is 19.3. The van der Waals surface area contributed by atoms with Gasteiger partial charge in [0.2, 0.25) is 0 Å². The number of esters is 1. The summed E-state index contributed by atoms with van der Waals surface area (Å²) in [6.45, 7) is 6.59. The number of pyridine rings is 2. The molecule has 4 aromatic heterocycles. The number of imidazole rings is 2. The van der Waals surface area contributed by atoms with E-state index in [1.165, 1.54) is 34.2 Å². The van der Waals surface area contributed by atoms with Crippen LogP contribution in [-0.4, -0.2) is 47.4 Å². The minimum absolute atomic E-state index is 0.213. The normalized spacial score (nSPS) is 12.8. The molecule has 4 heterocycles. The molecule has 12 heteroatoms. The van der Waals surface area contributed by atoms with Gasteiger partial charge in [0.1, 0.15) is 27.7 Å². The molecule has 0 saturated carbocycles. The van der Waals surface area contributed by atoms with E-state index >= 15 is 0 Å². The Morgan fingerprint density at radius 1 is 1.12 bits per heavy atom. The predicted molar refractivity (Wildman–Crippen MR) is 154 cm³/mol. The molecule has 4 aromatic rings. The second-order valence-electron chi connectivity index (χ2n) is 9.43. The van der Waals surface area contributed by atoms with E-state index in [0.717, 1.165) is 31.7 Å². The quantitative estimate of drug-likeness (QED) is 0.111. The molecule has 0 saturated heterocycles. The number of halogens is 3. The molecular weight excluding hydrogens is 559 g/mol. The first-order valence-corrected chi connectivity index (χ1v) is 15.5. The lowest BCUT2D eigenvalue weighted by Gasteiger charge is -2.14. The van der Waals surface area contributed by atoms with Crippen LogP contribution in [0.5, 0.6) is 0 Å². The molecule has 0 radical (unpaired) electrons. The molecule has 0 aliphatic carbocycles. The number of unbranched alkanes of at least 4 members (excludes halogenated alkanes) is 1. The van der Waals surface area contributed by atoms with Crippen molar-refractivity contribution in [3.05, 3.63) is 53.7 Å². The summed E-state index contributed by atoms with van der Waals surface area (Å²) in [5, 5.41) is 0.444. The highest BCUT2D eigenvalue weighted by atomic mass is 32.2. The van der Waals surface area contributed by atoms with E-state index in [9.17, 15) is 18.0 Å². The molecule has 0 fully saturated rings. The maximum Gasteiger partial charge on any atom is 0.431 e. The zero-order valence-corrected chi connectivity index (χ0v) is 24.5. The average molecular weight is 594 g/mol. The van der Waals surface area contributed by atoms with E-state index in [1.807, 2.05) is 17.0 Å². The van der Waals surface area contributed by atoms with Crippen molar-refractivity contribution < 1.29 is 22.7 Å². The van der Waals surface area contributed by atoms with Crippen molar-refractivity contribution in [2.75, 3.05) is 18.1 Å².